The lowest BCUT2D eigenvalue weighted by Crippen LogP contribution is -2.35. The quantitative estimate of drug-likeness (QED) is 0.786. The molecule has 2 amide bonds. The Morgan fingerprint density at radius 3 is 2.36 bits per heavy atom. The molecule has 1 aliphatic rings. The van der Waals surface area contributed by atoms with Crippen molar-refractivity contribution in [1.29, 1.82) is 0 Å². The molecule has 0 saturated carbocycles. The zero-order valence-corrected chi connectivity index (χ0v) is 13.8. The molecule has 118 valence electrons. The molecule has 0 bridgehead atoms. The number of benzene rings is 1. The smallest absolute Gasteiger partial charge is 0.246 e. The first kappa shape index (κ1) is 16.6. The number of carbonyl (C=O) groups excluding carboxylic acids is 2. The molecule has 1 aromatic rings. The van der Waals surface area contributed by atoms with E-state index in [0.29, 0.717) is 31.2 Å². The molecule has 1 heterocycles. The Labute approximate surface area is 136 Å². The van der Waals surface area contributed by atoms with E-state index in [1.807, 2.05) is 31.2 Å². The largest absolute Gasteiger partial charge is 0.341 e. The van der Waals surface area contributed by atoms with E-state index in [1.165, 1.54) is 0 Å². The lowest BCUT2D eigenvalue weighted by atomic mass is 10.1. The summed E-state index contributed by atoms with van der Waals surface area (Å²) in [7, 11) is 0. The monoisotopic (exact) mass is 320 g/mol. The van der Waals surface area contributed by atoms with Crippen molar-refractivity contribution in [3.05, 3.63) is 40.9 Å². The van der Waals surface area contributed by atoms with Gasteiger partial charge >= 0.3 is 0 Å². The van der Waals surface area contributed by atoms with E-state index >= 15 is 0 Å². The van der Waals surface area contributed by atoms with Gasteiger partial charge in [0.2, 0.25) is 11.8 Å². The Balaban J connectivity index is 2.07. The van der Waals surface area contributed by atoms with Crippen molar-refractivity contribution in [2.75, 3.05) is 26.2 Å². The molecule has 4 nitrogen and oxygen atoms in total. The van der Waals surface area contributed by atoms with Gasteiger partial charge < -0.3 is 9.80 Å². The zero-order chi connectivity index (χ0) is 16.1. The zero-order valence-electron chi connectivity index (χ0n) is 13.0. The van der Waals surface area contributed by atoms with Gasteiger partial charge in [-0.2, -0.15) is 0 Å². The van der Waals surface area contributed by atoms with Crippen LogP contribution in [0.15, 0.2) is 30.3 Å². The summed E-state index contributed by atoms with van der Waals surface area (Å²) in [6.07, 6.45) is 2.44. The first-order valence-electron chi connectivity index (χ1n) is 7.46. The van der Waals surface area contributed by atoms with E-state index in [0.717, 1.165) is 17.6 Å². The minimum absolute atomic E-state index is 0.0252. The second kappa shape index (κ2) is 7.45. The molecule has 0 spiro atoms. The van der Waals surface area contributed by atoms with Crippen LogP contribution in [0.2, 0.25) is 5.02 Å². The van der Waals surface area contributed by atoms with Gasteiger partial charge in [0.05, 0.1) is 0 Å². The van der Waals surface area contributed by atoms with Gasteiger partial charge in [0, 0.05) is 44.2 Å². The third-order valence-corrected chi connectivity index (χ3v) is 4.22. The number of halogens is 1. The Morgan fingerprint density at radius 2 is 1.68 bits per heavy atom. The summed E-state index contributed by atoms with van der Waals surface area (Å²) in [5.41, 5.74) is 1.72. The van der Waals surface area contributed by atoms with E-state index < -0.39 is 0 Å². The van der Waals surface area contributed by atoms with Crippen LogP contribution >= 0.6 is 11.6 Å². The second-order valence-electron chi connectivity index (χ2n) is 5.49. The average molecular weight is 321 g/mol. The Bertz CT molecular complexity index is 598. The molecular formula is C17H21ClN2O2. The fourth-order valence-corrected chi connectivity index (χ4v) is 2.87. The molecular weight excluding hydrogens is 300 g/mol. The predicted octanol–water partition coefficient (Wildman–Crippen LogP) is 2.82. The normalized spacial score (nSPS) is 16.4. The minimum Gasteiger partial charge on any atom is -0.341 e. The number of nitrogens with zero attached hydrogens (tertiary/aromatic N) is 2. The summed E-state index contributed by atoms with van der Waals surface area (Å²) >= 11 is 6.16. The third kappa shape index (κ3) is 4.10. The van der Waals surface area contributed by atoms with Crippen molar-refractivity contribution in [2.45, 2.75) is 20.3 Å². The van der Waals surface area contributed by atoms with E-state index in [2.05, 4.69) is 0 Å². The van der Waals surface area contributed by atoms with Gasteiger partial charge in [-0.25, -0.2) is 0 Å². The molecule has 0 radical (unpaired) electrons. The summed E-state index contributed by atoms with van der Waals surface area (Å²) in [6.45, 7) is 6.02. The highest BCUT2D eigenvalue weighted by molar-refractivity contribution is 6.32. The molecule has 0 unspecified atom stereocenters. The van der Waals surface area contributed by atoms with Gasteiger partial charge in [-0.1, -0.05) is 29.8 Å². The first-order chi connectivity index (χ1) is 10.5. The highest BCUT2D eigenvalue weighted by atomic mass is 35.5. The Morgan fingerprint density at radius 1 is 1.05 bits per heavy atom. The third-order valence-electron chi connectivity index (χ3n) is 3.89. The molecule has 0 N–H and O–H groups in total. The molecule has 1 fully saturated rings. The van der Waals surface area contributed by atoms with Crippen LogP contribution in [0.5, 0.6) is 0 Å². The molecule has 5 heteroatoms. The number of hydrogen-bond acceptors (Lipinski definition) is 2. The van der Waals surface area contributed by atoms with Crippen LogP contribution in [0.25, 0.3) is 5.57 Å². The van der Waals surface area contributed by atoms with E-state index in [4.69, 9.17) is 11.6 Å². The van der Waals surface area contributed by atoms with Crippen molar-refractivity contribution < 1.29 is 9.59 Å². The van der Waals surface area contributed by atoms with Crippen LogP contribution in [-0.4, -0.2) is 47.8 Å². The topological polar surface area (TPSA) is 40.6 Å². The van der Waals surface area contributed by atoms with Crippen molar-refractivity contribution >= 4 is 29.0 Å². The molecule has 1 saturated heterocycles. The van der Waals surface area contributed by atoms with Crippen LogP contribution in [0.4, 0.5) is 0 Å². The lowest BCUT2D eigenvalue weighted by Gasteiger charge is -2.20. The first-order valence-corrected chi connectivity index (χ1v) is 7.84. The van der Waals surface area contributed by atoms with Gasteiger partial charge in [-0.3, -0.25) is 9.59 Å². The van der Waals surface area contributed by atoms with Crippen LogP contribution in [-0.2, 0) is 9.59 Å². The standard InChI is InChI=1S/C17H21ClN2O2/c1-13(15-6-3-4-7-16(15)18)12-17(22)20-9-5-8-19(10-11-20)14(2)21/h3-4,6-7,12H,5,8-11H2,1-2H3/b13-12+. The van der Waals surface area contributed by atoms with Crippen LogP contribution in [0.1, 0.15) is 25.8 Å². The van der Waals surface area contributed by atoms with Gasteiger partial charge in [-0.05, 0) is 30.5 Å². The Kier molecular flexibility index (Phi) is 5.61. The maximum atomic E-state index is 12.4. The number of hydrogen-bond donors (Lipinski definition) is 0. The van der Waals surface area contributed by atoms with Crippen molar-refractivity contribution in [1.82, 2.24) is 9.80 Å². The molecule has 1 aromatic carbocycles. The van der Waals surface area contributed by atoms with Crippen LogP contribution in [0.3, 0.4) is 0 Å². The summed E-state index contributed by atoms with van der Waals surface area (Å²) in [5.74, 6) is 0.0416. The molecule has 0 atom stereocenters. The number of rotatable bonds is 2. The lowest BCUT2D eigenvalue weighted by molar-refractivity contribution is -0.130. The fourth-order valence-electron chi connectivity index (χ4n) is 2.59. The average Bonchev–Trinajstić information content (AvgIpc) is 2.73. The maximum Gasteiger partial charge on any atom is 0.246 e. The number of amides is 2. The van der Waals surface area contributed by atoms with Crippen molar-refractivity contribution in [2.24, 2.45) is 0 Å². The number of allylic oxidation sites excluding steroid dienone is 1. The summed E-state index contributed by atoms with van der Waals surface area (Å²) in [6, 6.07) is 7.49. The molecule has 2 rings (SSSR count). The van der Waals surface area contributed by atoms with E-state index in [-0.39, 0.29) is 11.8 Å². The van der Waals surface area contributed by atoms with Gasteiger partial charge in [-0.15, -0.1) is 0 Å². The highest BCUT2D eigenvalue weighted by Crippen LogP contribution is 2.23. The minimum atomic E-state index is -0.0252. The van der Waals surface area contributed by atoms with Crippen molar-refractivity contribution in [3.8, 4) is 0 Å². The van der Waals surface area contributed by atoms with Crippen LogP contribution in [0, 0.1) is 0 Å². The fraction of sp³-hybridized carbons (Fsp3) is 0.412. The molecule has 22 heavy (non-hydrogen) atoms. The second-order valence-corrected chi connectivity index (χ2v) is 5.90. The number of carbonyl (C=O) groups is 2. The molecule has 1 aliphatic heterocycles. The van der Waals surface area contributed by atoms with E-state index in [9.17, 15) is 9.59 Å². The molecule has 0 aromatic heterocycles. The predicted molar refractivity (Wildman–Crippen MR) is 88.6 cm³/mol. The van der Waals surface area contributed by atoms with Gasteiger partial charge in [0.25, 0.3) is 0 Å². The van der Waals surface area contributed by atoms with Gasteiger partial charge in [0.1, 0.15) is 0 Å². The van der Waals surface area contributed by atoms with Crippen LogP contribution < -0.4 is 0 Å². The SMILES string of the molecule is CC(=O)N1CCCN(C(=O)/C=C(\C)c2ccccc2Cl)CC1. The van der Waals surface area contributed by atoms with E-state index in [1.54, 1.807) is 22.8 Å². The highest BCUT2D eigenvalue weighted by Gasteiger charge is 2.19. The van der Waals surface area contributed by atoms with Gasteiger partial charge in [0.15, 0.2) is 0 Å². The summed E-state index contributed by atoms with van der Waals surface area (Å²) in [5, 5.41) is 0.641. The summed E-state index contributed by atoms with van der Waals surface area (Å²) < 4.78 is 0. The molecule has 0 aliphatic carbocycles. The maximum absolute atomic E-state index is 12.4. The Hall–Kier alpha value is -1.81. The summed E-state index contributed by atoms with van der Waals surface area (Å²) in [4.78, 5) is 27.4. The van der Waals surface area contributed by atoms with Crippen molar-refractivity contribution in [3.63, 3.8) is 0 Å².